The van der Waals surface area contributed by atoms with Crippen molar-refractivity contribution in [3.8, 4) is 0 Å². The molecule has 1 amide bonds. The molecule has 1 rings (SSSR count). The Morgan fingerprint density at radius 2 is 2.27 bits per heavy atom. The van der Waals surface area contributed by atoms with Gasteiger partial charge in [0.05, 0.1) is 12.1 Å². The summed E-state index contributed by atoms with van der Waals surface area (Å²) in [6, 6.07) is -0.0486. The molecule has 4 nitrogen and oxygen atoms in total. The van der Waals surface area contributed by atoms with Crippen molar-refractivity contribution in [1.82, 2.24) is 10.2 Å². The number of likely N-dealkylation sites (N-methyl/N-ethyl adjacent to an activating group) is 1. The van der Waals surface area contributed by atoms with Gasteiger partial charge in [-0.05, 0) is 0 Å². The van der Waals surface area contributed by atoms with Crippen LogP contribution < -0.4 is 5.32 Å². The van der Waals surface area contributed by atoms with Crippen molar-refractivity contribution < 1.29 is 9.90 Å². The minimum Gasteiger partial charge on any atom is -0.390 e. The second kappa shape index (κ2) is 3.19. The average molecular weight is 158 g/mol. The molecule has 11 heavy (non-hydrogen) atoms. The molecule has 1 fully saturated rings. The lowest BCUT2D eigenvalue weighted by Crippen LogP contribution is -2.43. The molecule has 0 radical (unpaired) electrons. The number of hydrogen-bond acceptors (Lipinski definition) is 3. The van der Waals surface area contributed by atoms with Crippen molar-refractivity contribution in [3.05, 3.63) is 0 Å². The molecule has 0 aromatic heterocycles. The van der Waals surface area contributed by atoms with Crippen molar-refractivity contribution in [2.45, 2.75) is 19.1 Å². The maximum Gasteiger partial charge on any atom is 0.219 e. The summed E-state index contributed by atoms with van der Waals surface area (Å²) < 4.78 is 0. The summed E-state index contributed by atoms with van der Waals surface area (Å²) in [5.74, 6) is -0.00208. The molecule has 0 saturated carbocycles. The summed E-state index contributed by atoms with van der Waals surface area (Å²) in [6.07, 6.45) is -0.413. The second-order valence-electron chi connectivity index (χ2n) is 2.92. The van der Waals surface area contributed by atoms with Gasteiger partial charge in [-0.1, -0.05) is 0 Å². The summed E-state index contributed by atoms with van der Waals surface area (Å²) in [5.41, 5.74) is 0. The van der Waals surface area contributed by atoms with Gasteiger partial charge in [0, 0.05) is 27.1 Å². The summed E-state index contributed by atoms with van der Waals surface area (Å²) in [4.78, 5) is 12.4. The first-order valence-corrected chi connectivity index (χ1v) is 3.75. The molecule has 0 aliphatic carbocycles. The third-order valence-corrected chi connectivity index (χ3v) is 2.15. The number of carbonyl (C=O) groups excluding carboxylic acids is 1. The van der Waals surface area contributed by atoms with E-state index in [4.69, 9.17) is 0 Å². The highest BCUT2D eigenvalue weighted by molar-refractivity contribution is 5.73. The van der Waals surface area contributed by atoms with Crippen LogP contribution in [0.15, 0.2) is 0 Å². The third kappa shape index (κ3) is 1.70. The molecule has 4 heteroatoms. The van der Waals surface area contributed by atoms with E-state index in [2.05, 4.69) is 5.32 Å². The zero-order valence-electron chi connectivity index (χ0n) is 6.87. The van der Waals surface area contributed by atoms with Gasteiger partial charge < -0.3 is 15.3 Å². The Morgan fingerprint density at radius 3 is 2.64 bits per heavy atom. The molecule has 2 unspecified atom stereocenters. The molecule has 1 aliphatic rings. The number of carbonyl (C=O) groups is 1. The lowest BCUT2D eigenvalue weighted by Gasteiger charge is -2.24. The van der Waals surface area contributed by atoms with Crippen LogP contribution in [0.2, 0.25) is 0 Å². The number of amides is 1. The van der Waals surface area contributed by atoms with Crippen LogP contribution in [0.4, 0.5) is 0 Å². The SMILES string of the molecule is CC(=O)N(C)C1CNCC1O. The highest BCUT2D eigenvalue weighted by atomic mass is 16.3. The minimum atomic E-state index is -0.413. The van der Waals surface area contributed by atoms with Crippen LogP contribution >= 0.6 is 0 Å². The molecule has 0 aromatic carbocycles. The molecular formula is C7H14N2O2. The van der Waals surface area contributed by atoms with Crippen LogP contribution in [0.25, 0.3) is 0 Å². The molecule has 0 bridgehead atoms. The van der Waals surface area contributed by atoms with Crippen molar-refractivity contribution in [3.63, 3.8) is 0 Å². The molecule has 1 heterocycles. The standard InChI is InChI=1S/C7H14N2O2/c1-5(10)9(2)6-3-8-4-7(6)11/h6-8,11H,3-4H2,1-2H3. The van der Waals surface area contributed by atoms with E-state index < -0.39 is 6.10 Å². The minimum absolute atomic E-state index is 0.00208. The smallest absolute Gasteiger partial charge is 0.219 e. The molecule has 1 saturated heterocycles. The van der Waals surface area contributed by atoms with E-state index in [0.29, 0.717) is 13.1 Å². The lowest BCUT2D eigenvalue weighted by molar-refractivity contribution is -0.130. The summed E-state index contributed by atoms with van der Waals surface area (Å²) >= 11 is 0. The average Bonchev–Trinajstić information content (AvgIpc) is 2.33. The Balaban J connectivity index is 2.52. The van der Waals surface area contributed by atoms with Crippen LogP contribution in [0.5, 0.6) is 0 Å². The third-order valence-electron chi connectivity index (χ3n) is 2.15. The molecule has 0 spiro atoms. The largest absolute Gasteiger partial charge is 0.390 e. The van der Waals surface area contributed by atoms with Crippen molar-refractivity contribution >= 4 is 5.91 Å². The van der Waals surface area contributed by atoms with Gasteiger partial charge in [-0.15, -0.1) is 0 Å². The maximum absolute atomic E-state index is 10.9. The quantitative estimate of drug-likeness (QED) is 0.504. The van der Waals surface area contributed by atoms with Crippen LogP contribution in [0, 0.1) is 0 Å². The fraction of sp³-hybridized carbons (Fsp3) is 0.857. The highest BCUT2D eigenvalue weighted by Gasteiger charge is 2.29. The maximum atomic E-state index is 10.9. The van der Waals surface area contributed by atoms with E-state index in [-0.39, 0.29) is 11.9 Å². The van der Waals surface area contributed by atoms with Gasteiger partial charge in [0.15, 0.2) is 0 Å². The highest BCUT2D eigenvalue weighted by Crippen LogP contribution is 2.06. The van der Waals surface area contributed by atoms with Gasteiger partial charge in [-0.25, -0.2) is 0 Å². The van der Waals surface area contributed by atoms with Gasteiger partial charge in [-0.3, -0.25) is 4.79 Å². The van der Waals surface area contributed by atoms with E-state index in [9.17, 15) is 9.90 Å². The Morgan fingerprint density at radius 1 is 1.64 bits per heavy atom. The van der Waals surface area contributed by atoms with Gasteiger partial charge in [0.2, 0.25) is 5.91 Å². The van der Waals surface area contributed by atoms with Crippen LogP contribution in [-0.4, -0.2) is 48.2 Å². The van der Waals surface area contributed by atoms with Gasteiger partial charge in [0.1, 0.15) is 0 Å². The first-order chi connectivity index (χ1) is 5.13. The molecule has 2 N–H and O–H groups in total. The fourth-order valence-electron chi connectivity index (χ4n) is 1.28. The van der Waals surface area contributed by atoms with E-state index >= 15 is 0 Å². The summed E-state index contributed by atoms with van der Waals surface area (Å²) in [7, 11) is 1.71. The van der Waals surface area contributed by atoms with Crippen molar-refractivity contribution in [1.29, 1.82) is 0 Å². The van der Waals surface area contributed by atoms with Gasteiger partial charge in [0.25, 0.3) is 0 Å². The first-order valence-electron chi connectivity index (χ1n) is 3.75. The topological polar surface area (TPSA) is 52.6 Å². The molecular weight excluding hydrogens is 144 g/mol. The normalized spacial score (nSPS) is 30.5. The molecule has 0 aromatic rings. The fourth-order valence-corrected chi connectivity index (χ4v) is 1.28. The molecule has 2 atom stereocenters. The van der Waals surface area contributed by atoms with Gasteiger partial charge >= 0.3 is 0 Å². The number of hydrogen-bond donors (Lipinski definition) is 2. The Kier molecular flexibility index (Phi) is 2.46. The zero-order chi connectivity index (χ0) is 8.43. The monoisotopic (exact) mass is 158 g/mol. The Labute approximate surface area is 66.2 Å². The zero-order valence-corrected chi connectivity index (χ0v) is 6.87. The van der Waals surface area contributed by atoms with E-state index in [0.717, 1.165) is 0 Å². The molecule has 1 aliphatic heterocycles. The predicted molar refractivity (Wildman–Crippen MR) is 41.1 cm³/mol. The van der Waals surface area contributed by atoms with Crippen molar-refractivity contribution in [2.24, 2.45) is 0 Å². The van der Waals surface area contributed by atoms with Crippen LogP contribution in [0.1, 0.15) is 6.92 Å². The number of aliphatic hydroxyl groups is 1. The summed E-state index contributed by atoms with van der Waals surface area (Å²) in [6.45, 7) is 2.78. The number of nitrogens with zero attached hydrogens (tertiary/aromatic N) is 1. The lowest BCUT2D eigenvalue weighted by atomic mass is 10.2. The van der Waals surface area contributed by atoms with Crippen LogP contribution in [-0.2, 0) is 4.79 Å². The van der Waals surface area contributed by atoms with Crippen molar-refractivity contribution in [2.75, 3.05) is 20.1 Å². The van der Waals surface area contributed by atoms with Crippen LogP contribution in [0.3, 0.4) is 0 Å². The van der Waals surface area contributed by atoms with E-state index in [1.165, 1.54) is 6.92 Å². The predicted octanol–water partition coefficient (Wildman–Crippen LogP) is -1.20. The number of aliphatic hydroxyl groups excluding tert-OH is 1. The summed E-state index contributed by atoms with van der Waals surface area (Å²) in [5, 5.41) is 12.4. The van der Waals surface area contributed by atoms with E-state index in [1.54, 1.807) is 11.9 Å². The Hall–Kier alpha value is -0.610. The number of rotatable bonds is 1. The van der Waals surface area contributed by atoms with Gasteiger partial charge in [-0.2, -0.15) is 0 Å². The number of nitrogens with one attached hydrogen (secondary N) is 1. The molecule has 64 valence electrons. The first kappa shape index (κ1) is 8.49. The Bertz CT molecular complexity index is 161. The second-order valence-corrected chi connectivity index (χ2v) is 2.92. The van der Waals surface area contributed by atoms with E-state index in [1.807, 2.05) is 0 Å². The number of β-amino-alcohol motifs (C(OH)–C–C–N with tert-alkyl or cyclic N) is 1.